The molecule has 0 aliphatic carbocycles. The number of amides is 1. The zero-order valence-electron chi connectivity index (χ0n) is 15.8. The summed E-state index contributed by atoms with van der Waals surface area (Å²) in [5.74, 6) is 0.931. The summed E-state index contributed by atoms with van der Waals surface area (Å²) < 4.78 is 16.3. The molecule has 2 aromatic carbocycles. The molecule has 1 fully saturated rings. The zero-order valence-corrected chi connectivity index (χ0v) is 15.8. The van der Waals surface area contributed by atoms with Gasteiger partial charge >= 0.3 is 11.8 Å². The van der Waals surface area contributed by atoms with Crippen molar-refractivity contribution >= 4 is 16.7 Å². The van der Waals surface area contributed by atoms with E-state index < -0.39 is 0 Å². The van der Waals surface area contributed by atoms with E-state index in [4.69, 9.17) is 14.0 Å². The van der Waals surface area contributed by atoms with Crippen LogP contribution in [0.25, 0.3) is 10.8 Å². The van der Waals surface area contributed by atoms with Crippen LogP contribution >= 0.6 is 0 Å². The van der Waals surface area contributed by atoms with Crippen molar-refractivity contribution in [2.24, 2.45) is 0 Å². The van der Waals surface area contributed by atoms with Crippen LogP contribution in [0.5, 0.6) is 5.75 Å². The first-order chi connectivity index (χ1) is 13.7. The Kier molecular flexibility index (Phi) is 5.23. The Balaban J connectivity index is 1.46. The number of methoxy groups -OCH3 is 1. The zero-order chi connectivity index (χ0) is 19.5. The number of nitrogens with one attached hydrogen (secondary N) is 1. The van der Waals surface area contributed by atoms with Gasteiger partial charge in [0.05, 0.1) is 26.4 Å². The second-order valence-corrected chi connectivity index (χ2v) is 6.66. The Bertz CT molecular complexity index is 987. The smallest absolute Gasteiger partial charge is 0.315 e. The standard InChI is InChI=1S/C20H22N4O4/c1-21-19(25)20-22-18(23-28-20)12-24-7-8-27-17(11-24)15-4-3-14-10-16(26-2)6-5-13(14)9-15/h3-6,9-10,17H,7-8,11-12H2,1-2H3,(H,21,25)/t17-/m0/s1. The van der Waals surface area contributed by atoms with Gasteiger partial charge in [0.1, 0.15) is 5.75 Å². The Morgan fingerprint density at radius 3 is 2.93 bits per heavy atom. The molecule has 1 saturated heterocycles. The van der Waals surface area contributed by atoms with E-state index in [9.17, 15) is 4.79 Å². The molecular weight excluding hydrogens is 360 g/mol. The lowest BCUT2D eigenvalue weighted by Gasteiger charge is -2.32. The quantitative estimate of drug-likeness (QED) is 0.723. The first kappa shape index (κ1) is 18.4. The van der Waals surface area contributed by atoms with E-state index >= 15 is 0 Å². The molecule has 3 aromatic rings. The molecule has 0 spiro atoms. The molecule has 1 amide bonds. The van der Waals surface area contributed by atoms with Crippen molar-refractivity contribution < 1.29 is 18.8 Å². The number of morpholine rings is 1. The fraction of sp³-hybridized carbons (Fsp3) is 0.350. The van der Waals surface area contributed by atoms with Gasteiger partial charge in [-0.15, -0.1) is 0 Å². The van der Waals surface area contributed by atoms with Gasteiger partial charge in [-0.2, -0.15) is 4.98 Å². The summed E-state index contributed by atoms with van der Waals surface area (Å²) in [6.45, 7) is 2.60. The molecule has 0 bridgehead atoms. The number of benzene rings is 2. The molecule has 1 aliphatic heterocycles. The van der Waals surface area contributed by atoms with Crippen LogP contribution in [-0.2, 0) is 11.3 Å². The van der Waals surface area contributed by atoms with E-state index in [1.165, 1.54) is 7.05 Å². The fourth-order valence-corrected chi connectivity index (χ4v) is 3.33. The number of aromatic nitrogens is 2. The van der Waals surface area contributed by atoms with Gasteiger partial charge in [0, 0.05) is 20.1 Å². The van der Waals surface area contributed by atoms with Crippen LogP contribution in [0.3, 0.4) is 0 Å². The predicted molar refractivity (Wildman–Crippen MR) is 102 cm³/mol. The highest BCUT2D eigenvalue weighted by Gasteiger charge is 2.24. The van der Waals surface area contributed by atoms with Crippen molar-refractivity contribution in [1.82, 2.24) is 20.4 Å². The molecule has 0 unspecified atom stereocenters. The minimum atomic E-state index is -0.383. The van der Waals surface area contributed by atoms with Crippen molar-refractivity contribution in [1.29, 1.82) is 0 Å². The van der Waals surface area contributed by atoms with E-state index in [0.717, 1.165) is 28.6 Å². The maximum Gasteiger partial charge on any atom is 0.315 e. The third-order valence-electron chi connectivity index (χ3n) is 4.85. The van der Waals surface area contributed by atoms with Gasteiger partial charge < -0.3 is 19.3 Å². The second-order valence-electron chi connectivity index (χ2n) is 6.66. The van der Waals surface area contributed by atoms with Gasteiger partial charge in [0.15, 0.2) is 5.82 Å². The topological polar surface area (TPSA) is 89.7 Å². The molecule has 146 valence electrons. The monoisotopic (exact) mass is 382 g/mol. The van der Waals surface area contributed by atoms with E-state index in [1.807, 2.05) is 12.1 Å². The highest BCUT2D eigenvalue weighted by molar-refractivity contribution is 5.89. The predicted octanol–water partition coefficient (Wildman–Crippen LogP) is 2.16. The van der Waals surface area contributed by atoms with Gasteiger partial charge in [-0.25, -0.2) is 0 Å². The first-order valence-electron chi connectivity index (χ1n) is 9.12. The Labute approximate surface area is 162 Å². The summed E-state index contributed by atoms with van der Waals surface area (Å²) in [4.78, 5) is 17.9. The number of rotatable bonds is 5. The summed E-state index contributed by atoms with van der Waals surface area (Å²) in [5, 5.41) is 8.64. The number of carbonyl (C=O) groups excluding carboxylic acids is 1. The summed E-state index contributed by atoms with van der Waals surface area (Å²) in [6.07, 6.45) is -0.0365. The molecule has 8 nitrogen and oxygen atoms in total. The lowest BCUT2D eigenvalue weighted by atomic mass is 10.0. The van der Waals surface area contributed by atoms with Crippen molar-refractivity contribution in [2.75, 3.05) is 33.9 Å². The third kappa shape index (κ3) is 3.83. The van der Waals surface area contributed by atoms with E-state index in [-0.39, 0.29) is 17.9 Å². The van der Waals surface area contributed by atoms with E-state index in [1.54, 1.807) is 7.11 Å². The minimum absolute atomic E-state index is 0.0210. The number of fused-ring (bicyclic) bond motifs is 1. The van der Waals surface area contributed by atoms with Gasteiger partial charge in [-0.05, 0) is 34.5 Å². The van der Waals surface area contributed by atoms with Gasteiger partial charge in [0.2, 0.25) is 0 Å². The molecule has 28 heavy (non-hydrogen) atoms. The fourth-order valence-electron chi connectivity index (χ4n) is 3.33. The largest absolute Gasteiger partial charge is 0.497 e. The molecule has 0 saturated carbocycles. The van der Waals surface area contributed by atoms with Crippen LogP contribution in [0.1, 0.15) is 28.2 Å². The van der Waals surface area contributed by atoms with Crippen molar-refractivity contribution in [2.45, 2.75) is 12.6 Å². The molecule has 1 aromatic heterocycles. The SMILES string of the molecule is CNC(=O)c1nc(CN2CCO[C@H](c3ccc4cc(OC)ccc4c3)C2)no1. The minimum Gasteiger partial charge on any atom is -0.497 e. The highest BCUT2D eigenvalue weighted by Crippen LogP contribution is 2.28. The average molecular weight is 382 g/mol. The van der Waals surface area contributed by atoms with Crippen LogP contribution in [0, 0.1) is 0 Å². The van der Waals surface area contributed by atoms with Crippen LogP contribution in [-0.4, -0.2) is 54.8 Å². The van der Waals surface area contributed by atoms with Gasteiger partial charge in [-0.1, -0.05) is 23.4 Å². The molecule has 1 N–H and O–H groups in total. The Morgan fingerprint density at radius 2 is 2.11 bits per heavy atom. The second kappa shape index (κ2) is 7.95. The van der Waals surface area contributed by atoms with Crippen LogP contribution < -0.4 is 10.1 Å². The molecule has 1 atom stereocenters. The lowest BCUT2D eigenvalue weighted by molar-refractivity contribution is -0.0337. The summed E-state index contributed by atoms with van der Waals surface area (Å²) in [7, 11) is 3.19. The summed E-state index contributed by atoms with van der Waals surface area (Å²) in [6, 6.07) is 12.4. The van der Waals surface area contributed by atoms with Gasteiger partial charge in [0.25, 0.3) is 0 Å². The van der Waals surface area contributed by atoms with Crippen LogP contribution in [0.15, 0.2) is 40.9 Å². The van der Waals surface area contributed by atoms with Gasteiger partial charge in [-0.3, -0.25) is 9.69 Å². The molecule has 1 aliphatic rings. The Morgan fingerprint density at radius 1 is 1.29 bits per heavy atom. The van der Waals surface area contributed by atoms with Crippen molar-refractivity contribution in [3.05, 3.63) is 53.7 Å². The number of carbonyl (C=O) groups is 1. The maximum atomic E-state index is 11.6. The number of ether oxygens (including phenoxy) is 2. The maximum absolute atomic E-state index is 11.6. The summed E-state index contributed by atoms with van der Waals surface area (Å²) >= 11 is 0. The molecule has 8 heteroatoms. The molecule has 4 rings (SSSR count). The highest BCUT2D eigenvalue weighted by atomic mass is 16.5. The van der Waals surface area contributed by atoms with E-state index in [0.29, 0.717) is 25.5 Å². The summed E-state index contributed by atoms with van der Waals surface area (Å²) in [5.41, 5.74) is 1.13. The molecule has 0 radical (unpaired) electrons. The normalized spacial score (nSPS) is 17.6. The number of hydrogen-bond donors (Lipinski definition) is 1. The Hall–Kier alpha value is -2.97. The van der Waals surface area contributed by atoms with E-state index in [2.05, 4.69) is 44.6 Å². The third-order valence-corrected chi connectivity index (χ3v) is 4.85. The number of nitrogens with zero attached hydrogens (tertiary/aromatic N) is 3. The van der Waals surface area contributed by atoms with Crippen LogP contribution in [0.2, 0.25) is 0 Å². The van der Waals surface area contributed by atoms with Crippen LogP contribution in [0.4, 0.5) is 0 Å². The molecular formula is C20H22N4O4. The first-order valence-corrected chi connectivity index (χ1v) is 9.12. The molecule has 2 heterocycles. The average Bonchev–Trinajstić information content (AvgIpc) is 3.21. The van der Waals surface area contributed by atoms with Crippen molar-refractivity contribution in [3.63, 3.8) is 0 Å². The lowest BCUT2D eigenvalue weighted by Crippen LogP contribution is -2.38. The number of hydrogen-bond acceptors (Lipinski definition) is 7. The van der Waals surface area contributed by atoms with Crippen molar-refractivity contribution in [3.8, 4) is 5.75 Å².